The second kappa shape index (κ2) is 5.85. The van der Waals surface area contributed by atoms with Gasteiger partial charge in [0.2, 0.25) is 5.91 Å². The number of anilines is 1. The Morgan fingerprint density at radius 3 is 2.90 bits per heavy atom. The third kappa shape index (κ3) is 2.78. The largest absolute Gasteiger partial charge is 0.333 e. The van der Waals surface area contributed by atoms with Gasteiger partial charge in [-0.15, -0.1) is 0 Å². The zero-order valence-corrected chi connectivity index (χ0v) is 12.3. The van der Waals surface area contributed by atoms with E-state index in [1.54, 1.807) is 4.90 Å². The van der Waals surface area contributed by atoms with Crippen molar-refractivity contribution in [2.45, 2.75) is 25.8 Å². The number of rotatable bonds is 2. The molecule has 1 atom stereocenters. The van der Waals surface area contributed by atoms with Crippen molar-refractivity contribution in [3.63, 3.8) is 0 Å². The van der Waals surface area contributed by atoms with E-state index in [1.165, 1.54) is 0 Å². The molecule has 3 rings (SSSR count). The lowest BCUT2D eigenvalue weighted by atomic mass is 10.1. The molecule has 2 aliphatic rings. The van der Waals surface area contributed by atoms with Crippen LogP contribution in [0.25, 0.3) is 0 Å². The number of piperazine rings is 1. The first-order valence-electron chi connectivity index (χ1n) is 7.59. The summed E-state index contributed by atoms with van der Waals surface area (Å²) in [4.78, 5) is 28.2. The molecule has 5 nitrogen and oxygen atoms in total. The number of benzene rings is 1. The number of carbonyl (C=O) groups is 2. The molecule has 21 heavy (non-hydrogen) atoms. The maximum Gasteiger partial charge on any atom is 0.254 e. The molecule has 0 aromatic heterocycles. The van der Waals surface area contributed by atoms with Crippen molar-refractivity contribution in [1.82, 2.24) is 10.2 Å². The maximum absolute atomic E-state index is 12.7. The molecule has 5 heteroatoms. The second-order valence-corrected chi connectivity index (χ2v) is 5.75. The fourth-order valence-corrected chi connectivity index (χ4v) is 3.04. The summed E-state index contributed by atoms with van der Waals surface area (Å²) >= 11 is 0. The Labute approximate surface area is 124 Å². The highest BCUT2D eigenvalue weighted by Crippen LogP contribution is 2.23. The minimum absolute atomic E-state index is 0.0532. The lowest BCUT2D eigenvalue weighted by Crippen LogP contribution is -2.52. The van der Waals surface area contributed by atoms with E-state index >= 15 is 0 Å². The molecule has 0 aliphatic carbocycles. The SMILES string of the molecule is CC1CNCCN1C(=O)c1cccc(N2CCCC2=O)c1. The Kier molecular flexibility index (Phi) is 3.92. The molecular formula is C16H21N3O2. The lowest BCUT2D eigenvalue weighted by Gasteiger charge is -2.34. The van der Waals surface area contributed by atoms with E-state index in [0.29, 0.717) is 12.0 Å². The molecule has 0 radical (unpaired) electrons. The van der Waals surface area contributed by atoms with Gasteiger partial charge in [-0.05, 0) is 31.5 Å². The van der Waals surface area contributed by atoms with Crippen molar-refractivity contribution in [2.24, 2.45) is 0 Å². The monoisotopic (exact) mass is 287 g/mol. The topological polar surface area (TPSA) is 52.7 Å². The Morgan fingerprint density at radius 1 is 1.33 bits per heavy atom. The standard InChI is InChI=1S/C16H21N3O2/c1-12-11-17-7-9-18(12)16(21)13-4-2-5-14(10-13)19-8-3-6-15(19)20/h2,4-5,10,12,17H,3,6-9,11H2,1H3. The highest BCUT2D eigenvalue weighted by Gasteiger charge is 2.26. The summed E-state index contributed by atoms with van der Waals surface area (Å²) in [6, 6.07) is 7.65. The molecule has 1 aromatic carbocycles. The van der Waals surface area contributed by atoms with Gasteiger partial charge in [-0.3, -0.25) is 9.59 Å². The number of nitrogens with one attached hydrogen (secondary N) is 1. The fraction of sp³-hybridized carbons (Fsp3) is 0.500. The average molecular weight is 287 g/mol. The van der Waals surface area contributed by atoms with Crippen LogP contribution in [0.15, 0.2) is 24.3 Å². The number of hydrogen-bond acceptors (Lipinski definition) is 3. The average Bonchev–Trinajstić information content (AvgIpc) is 2.93. The van der Waals surface area contributed by atoms with Crippen LogP contribution >= 0.6 is 0 Å². The van der Waals surface area contributed by atoms with Gasteiger partial charge in [0.25, 0.3) is 5.91 Å². The fourth-order valence-electron chi connectivity index (χ4n) is 3.04. The summed E-state index contributed by atoms with van der Waals surface area (Å²) in [7, 11) is 0. The third-order valence-electron chi connectivity index (χ3n) is 4.24. The first-order chi connectivity index (χ1) is 10.2. The highest BCUT2D eigenvalue weighted by atomic mass is 16.2. The van der Waals surface area contributed by atoms with Gasteiger partial charge in [0.15, 0.2) is 0 Å². The first-order valence-corrected chi connectivity index (χ1v) is 7.59. The lowest BCUT2D eigenvalue weighted by molar-refractivity contribution is -0.117. The summed E-state index contributed by atoms with van der Waals surface area (Å²) in [5.41, 5.74) is 1.51. The molecule has 112 valence electrons. The molecule has 1 unspecified atom stereocenters. The van der Waals surface area contributed by atoms with Crippen LogP contribution in [0.4, 0.5) is 5.69 Å². The van der Waals surface area contributed by atoms with Crippen molar-refractivity contribution in [1.29, 1.82) is 0 Å². The van der Waals surface area contributed by atoms with E-state index in [0.717, 1.165) is 38.3 Å². The van der Waals surface area contributed by atoms with E-state index in [9.17, 15) is 9.59 Å². The predicted molar refractivity (Wildman–Crippen MR) is 81.4 cm³/mol. The molecule has 2 aliphatic heterocycles. The van der Waals surface area contributed by atoms with Crippen LogP contribution in [-0.2, 0) is 4.79 Å². The van der Waals surface area contributed by atoms with Crippen molar-refractivity contribution >= 4 is 17.5 Å². The second-order valence-electron chi connectivity index (χ2n) is 5.75. The molecule has 1 N–H and O–H groups in total. The van der Waals surface area contributed by atoms with Crippen molar-refractivity contribution in [3.8, 4) is 0 Å². The first kappa shape index (κ1) is 14.1. The van der Waals surface area contributed by atoms with E-state index in [-0.39, 0.29) is 17.9 Å². The van der Waals surface area contributed by atoms with Gasteiger partial charge < -0.3 is 15.1 Å². The minimum Gasteiger partial charge on any atom is -0.333 e. The van der Waals surface area contributed by atoms with E-state index in [2.05, 4.69) is 12.2 Å². The van der Waals surface area contributed by atoms with Gasteiger partial charge in [-0.25, -0.2) is 0 Å². The third-order valence-corrected chi connectivity index (χ3v) is 4.24. The van der Waals surface area contributed by atoms with E-state index in [1.807, 2.05) is 29.2 Å². The molecule has 1 aromatic rings. The van der Waals surface area contributed by atoms with E-state index in [4.69, 9.17) is 0 Å². The van der Waals surface area contributed by atoms with Crippen LogP contribution in [0, 0.1) is 0 Å². The van der Waals surface area contributed by atoms with Gasteiger partial charge in [-0.2, -0.15) is 0 Å². The van der Waals surface area contributed by atoms with Crippen molar-refractivity contribution in [3.05, 3.63) is 29.8 Å². The van der Waals surface area contributed by atoms with Crippen LogP contribution in [0.3, 0.4) is 0 Å². The smallest absolute Gasteiger partial charge is 0.254 e. The normalized spacial score (nSPS) is 22.7. The Balaban J connectivity index is 1.82. The van der Waals surface area contributed by atoms with Gasteiger partial charge in [0.1, 0.15) is 0 Å². The van der Waals surface area contributed by atoms with Crippen molar-refractivity contribution < 1.29 is 9.59 Å². The quantitative estimate of drug-likeness (QED) is 0.890. The van der Waals surface area contributed by atoms with Gasteiger partial charge >= 0.3 is 0 Å². The summed E-state index contributed by atoms with van der Waals surface area (Å²) < 4.78 is 0. The van der Waals surface area contributed by atoms with Crippen LogP contribution in [0.1, 0.15) is 30.1 Å². The Hall–Kier alpha value is -1.88. The van der Waals surface area contributed by atoms with Crippen LogP contribution < -0.4 is 10.2 Å². The zero-order valence-electron chi connectivity index (χ0n) is 12.3. The number of amides is 2. The summed E-state index contributed by atoms with van der Waals surface area (Å²) in [5, 5.41) is 3.29. The zero-order chi connectivity index (χ0) is 14.8. The summed E-state index contributed by atoms with van der Waals surface area (Å²) in [6.07, 6.45) is 1.50. The van der Waals surface area contributed by atoms with Gasteiger partial charge in [0, 0.05) is 49.9 Å². The maximum atomic E-state index is 12.7. The van der Waals surface area contributed by atoms with Crippen LogP contribution in [-0.4, -0.2) is 48.9 Å². The molecule has 0 bridgehead atoms. The number of hydrogen-bond donors (Lipinski definition) is 1. The summed E-state index contributed by atoms with van der Waals surface area (Å²) in [5.74, 6) is 0.202. The number of nitrogens with zero attached hydrogens (tertiary/aromatic N) is 2. The molecule has 2 saturated heterocycles. The Bertz CT molecular complexity index is 558. The molecule has 2 fully saturated rings. The molecule has 0 saturated carbocycles. The van der Waals surface area contributed by atoms with Gasteiger partial charge in [-0.1, -0.05) is 6.07 Å². The highest BCUT2D eigenvalue weighted by molar-refractivity contribution is 5.99. The van der Waals surface area contributed by atoms with Gasteiger partial charge in [0.05, 0.1) is 0 Å². The number of carbonyl (C=O) groups excluding carboxylic acids is 2. The molecule has 0 spiro atoms. The predicted octanol–water partition coefficient (Wildman–Crippen LogP) is 1.25. The van der Waals surface area contributed by atoms with E-state index < -0.39 is 0 Å². The van der Waals surface area contributed by atoms with Crippen LogP contribution in [0.2, 0.25) is 0 Å². The molecule has 2 heterocycles. The minimum atomic E-state index is 0.0532. The molecular weight excluding hydrogens is 266 g/mol. The Morgan fingerprint density at radius 2 is 2.19 bits per heavy atom. The molecule has 2 amide bonds. The van der Waals surface area contributed by atoms with Crippen molar-refractivity contribution in [2.75, 3.05) is 31.1 Å². The van der Waals surface area contributed by atoms with Crippen LogP contribution in [0.5, 0.6) is 0 Å². The summed E-state index contributed by atoms with van der Waals surface area (Å²) in [6.45, 7) is 5.20.